The number of halogens is 1. The van der Waals surface area contributed by atoms with E-state index in [0.29, 0.717) is 24.5 Å². The van der Waals surface area contributed by atoms with Crippen LogP contribution in [-0.4, -0.2) is 50.4 Å². The van der Waals surface area contributed by atoms with Gasteiger partial charge < -0.3 is 15.0 Å². The molecule has 4 aromatic carbocycles. The third kappa shape index (κ3) is 9.45. The fourth-order valence-electron chi connectivity index (χ4n) is 5.10. The molecule has 0 fully saturated rings. The highest BCUT2D eigenvalue weighted by Gasteiger charge is 2.35. The lowest BCUT2D eigenvalue weighted by Crippen LogP contribution is -2.54. The molecule has 0 aliphatic heterocycles. The van der Waals surface area contributed by atoms with Gasteiger partial charge in [0.25, 0.3) is 10.0 Å². The highest BCUT2D eigenvalue weighted by atomic mass is 79.9. The van der Waals surface area contributed by atoms with E-state index in [2.05, 4.69) is 21.2 Å². The van der Waals surface area contributed by atoms with Crippen LogP contribution in [0.5, 0.6) is 5.75 Å². The van der Waals surface area contributed by atoms with Gasteiger partial charge in [0.1, 0.15) is 18.3 Å². The van der Waals surface area contributed by atoms with E-state index < -0.39 is 28.5 Å². The molecule has 10 heteroatoms. The van der Waals surface area contributed by atoms with Crippen molar-refractivity contribution < 1.29 is 22.7 Å². The second kappa shape index (κ2) is 16.6. The minimum absolute atomic E-state index is 0.0307. The van der Waals surface area contributed by atoms with Crippen LogP contribution in [0.2, 0.25) is 0 Å². The molecule has 8 nitrogen and oxygen atoms in total. The molecule has 0 aliphatic carbocycles. The van der Waals surface area contributed by atoms with Gasteiger partial charge in [0.2, 0.25) is 11.8 Å². The largest absolute Gasteiger partial charge is 0.494 e. The summed E-state index contributed by atoms with van der Waals surface area (Å²) in [6.45, 7) is 7.76. The van der Waals surface area contributed by atoms with Gasteiger partial charge in [-0.15, -0.1) is 0 Å². The Labute approximate surface area is 286 Å². The number of hydrogen-bond acceptors (Lipinski definition) is 5. The summed E-state index contributed by atoms with van der Waals surface area (Å²) in [6, 6.07) is 29.1. The first-order valence-corrected chi connectivity index (χ1v) is 18.0. The summed E-state index contributed by atoms with van der Waals surface area (Å²) in [6.07, 6.45) is 0.968. The van der Waals surface area contributed by atoms with Crippen molar-refractivity contribution in [1.82, 2.24) is 10.2 Å². The quantitative estimate of drug-likeness (QED) is 0.144. The highest BCUT2D eigenvalue weighted by Crippen LogP contribution is 2.28. The summed E-state index contributed by atoms with van der Waals surface area (Å²) in [5.74, 6) is -0.231. The number of aryl methyl sites for hydroxylation is 1. The van der Waals surface area contributed by atoms with Gasteiger partial charge in [-0.1, -0.05) is 77.5 Å². The van der Waals surface area contributed by atoms with Gasteiger partial charge in [-0.2, -0.15) is 0 Å². The molecule has 0 radical (unpaired) electrons. The third-order valence-electron chi connectivity index (χ3n) is 7.99. The number of hydrogen-bond donors (Lipinski definition) is 1. The van der Waals surface area contributed by atoms with Crippen molar-refractivity contribution in [3.63, 3.8) is 0 Å². The highest BCUT2D eigenvalue weighted by molar-refractivity contribution is 9.10. The zero-order valence-corrected chi connectivity index (χ0v) is 29.6. The van der Waals surface area contributed by atoms with Crippen LogP contribution in [0.4, 0.5) is 5.69 Å². The first-order valence-electron chi connectivity index (χ1n) is 15.7. The van der Waals surface area contributed by atoms with Crippen LogP contribution >= 0.6 is 15.9 Å². The molecule has 0 aliphatic rings. The van der Waals surface area contributed by atoms with E-state index in [0.717, 1.165) is 25.5 Å². The molecule has 4 rings (SSSR count). The minimum atomic E-state index is -4.21. The third-order valence-corrected chi connectivity index (χ3v) is 10.3. The molecule has 1 N–H and O–H groups in total. The Morgan fingerprint density at radius 1 is 0.872 bits per heavy atom. The molecule has 0 unspecified atom stereocenters. The van der Waals surface area contributed by atoms with E-state index in [1.165, 1.54) is 17.0 Å². The topological polar surface area (TPSA) is 96.0 Å². The van der Waals surface area contributed by atoms with Crippen LogP contribution in [-0.2, 0) is 32.6 Å². The Morgan fingerprint density at radius 3 is 2.13 bits per heavy atom. The number of rotatable bonds is 15. The van der Waals surface area contributed by atoms with Crippen LogP contribution in [0.3, 0.4) is 0 Å². The fraction of sp³-hybridized carbons (Fsp3) is 0.297. The second-order valence-corrected chi connectivity index (χ2v) is 14.1. The summed E-state index contributed by atoms with van der Waals surface area (Å²) >= 11 is 3.37. The van der Waals surface area contributed by atoms with Gasteiger partial charge in [0, 0.05) is 23.5 Å². The maximum absolute atomic E-state index is 14.6. The van der Waals surface area contributed by atoms with Crippen LogP contribution in [0.1, 0.15) is 43.9 Å². The number of carbonyl (C=O) groups is 2. The van der Waals surface area contributed by atoms with Crippen molar-refractivity contribution in [3.05, 3.63) is 124 Å². The van der Waals surface area contributed by atoms with E-state index in [1.807, 2.05) is 82.3 Å². The maximum Gasteiger partial charge on any atom is 0.264 e. The van der Waals surface area contributed by atoms with E-state index in [1.54, 1.807) is 36.4 Å². The molecule has 0 aromatic heterocycles. The van der Waals surface area contributed by atoms with Gasteiger partial charge >= 0.3 is 0 Å². The standard InChI is InChI=1S/C37H42BrN3O5S/c1-5-28(4)39-37(43)35(24-29-13-8-7-9-14-29)40(25-30-15-11-10-12-27(30)3)36(42)26-41(32-18-20-33(21-19-32)46-6-2)47(44,45)34-22-16-31(38)17-23-34/h7-23,28,35H,5-6,24-26H2,1-4H3,(H,39,43)/t28-,35-/m0/s1. The molecule has 0 heterocycles. The normalized spacial score (nSPS) is 12.5. The van der Waals surface area contributed by atoms with Crippen LogP contribution in [0, 0.1) is 6.92 Å². The lowest BCUT2D eigenvalue weighted by atomic mass is 10.0. The summed E-state index contributed by atoms with van der Waals surface area (Å²) in [5, 5.41) is 3.07. The summed E-state index contributed by atoms with van der Waals surface area (Å²) in [5.41, 5.74) is 2.99. The van der Waals surface area contributed by atoms with E-state index in [4.69, 9.17) is 4.74 Å². The zero-order valence-electron chi connectivity index (χ0n) is 27.2. The van der Waals surface area contributed by atoms with Gasteiger partial charge in [-0.3, -0.25) is 13.9 Å². The lowest BCUT2D eigenvalue weighted by molar-refractivity contribution is -0.140. The molecule has 248 valence electrons. The Balaban J connectivity index is 1.81. The molecule has 0 spiro atoms. The Morgan fingerprint density at radius 2 is 1.51 bits per heavy atom. The summed E-state index contributed by atoms with van der Waals surface area (Å²) < 4.78 is 35.9. The number of benzene rings is 4. The molecule has 47 heavy (non-hydrogen) atoms. The van der Waals surface area contributed by atoms with Crippen molar-refractivity contribution in [2.45, 2.75) is 64.1 Å². The molecular weight excluding hydrogens is 678 g/mol. The Hall–Kier alpha value is -4.15. The molecular formula is C37H42BrN3O5S. The second-order valence-electron chi connectivity index (χ2n) is 11.4. The number of carbonyl (C=O) groups excluding carboxylic acids is 2. The average molecular weight is 721 g/mol. The predicted octanol–water partition coefficient (Wildman–Crippen LogP) is 6.91. The van der Waals surface area contributed by atoms with Crippen molar-refractivity contribution in [2.75, 3.05) is 17.5 Å². The van der Waals surface area contributed by atoms with Gasteiger partial charge in [0.15, 0.2) is 0 Å². The first kappa shape index (κ1) is 35.7. The van der Waals surface area contributed by atoms with E-state index in [-0.39, 0.29) is 29.8 Å². The van der Waals surface area contributed by atoms with E-state index >= 15 is 0 Å². The van der Waals surface area contributed by atoms with Crippen molar-refractivity contribution >= 4 is 43.5 Å². The van der Waals surface area contributed by atoms with Crippen LogP contribution < -0.4 is 14.4 Å². The smallest absolute Gasteiger partial charge is 0.264 e. The number of sulfonamides is 1. The SMILES string of the molecule is CCOc1ccc(N(CC(=O)N(Cc2ccccc2C)[C@@H](Cc2ccccc2)C(=O)N[C@@H](C)CC)S(=O)(=O)c2ccc(Br)cc2)cc1. The Kier molecular flexibility index (Phi) is 12.6. The number of anilines is 1. The molecule has 0 bridgehead atoms. The van der Waals surface area contributed by atoms with Crippen molar-refractivity contribution in [1.29, 1.82) is 0 Å². The molecule has 0 saturated heterocycles. The fourth-order valence-corrected chi connectivity index (χ4v) is 6.78. The van der Waals surface area contributed by atoms with Crippen molar-refractivity contribution in [2.24, 2.45) is 0 Å². The lowest BCUT2D eigenvalue weighted by Gasteiger charge is -2.34. The number of amides is 2. The molecule has 2 atom stereocenters. The number of ether oxygens (including phenoxy) is 1. The molecule has 2 amide bonds. The van der Waals surface area contributed by atoms with Crippen LogP contribution in [0.15, 0.2) is 112 Å². The van der Waals surface area contributed by atoms with Gasteiger partial charge in [-0.05, 0) is 92.4 Å². The summed E-state index contributed by atoms with van der Waals surface area (Å²) in [4.78, 5) is 30.2. The number of nitrogens with zero attached hydrogens (tertiary/aromatic N) is 2. The number of nitrogens with one attached hydrogen (secondary N) is 1. The average Bonchev–Trinajstić information content (AvgIpc) is 3.07. The van der Waals surface area contributed by atoms with Gasteiger partial charge in [0.05, 0.1) is 17.2 Å². The van der Waals surface area contributed by atoms with Gasteiger partial charge in [-0.25, -0.2) is 8.42 Å². The Bertz CT molecular complexity index is 1730. The predicted molar refractivity (Wildman–Crippen MR) is 190 cm³/mol. The molecule has 4 aromatic rings. The van der Waals surface area contributed by atoms with Crippen LogP contribution in [0.25, 0.3) is 0 Å². The maximum atomic E-state index is 14.6. The molecule has 0 saturated carbocycles. The van der Waals surface area contributed by atoms with Crippen molar-refractivity contribution in [3.8, 4) is 5.75 Å². The first-order chi connectivity index (χ1) is 22.5. The summed E-state index contributed by atoms with van der Waals surface area (Å²) in [7, 11) is -4.21. The van der Waals surface area contributed by atoms with E-state index in [9.17, 15) is 18.0 Å². The minimum Gasteiger partial charge on any atom is -0.494 e. The zero-order chi connectivity index (χ0) is 34.0. The monoisotopic (exact) mass is 719 g/mol.